The van der Waals surface area contributed by atoms with Gasteiger partial charge >= 0.3 is 0 Å². The van der Waals surface area contributed by atoms with E-state index < -0.39 is 0 Å². The fourth-order valence-corrected chi connectivity index (χ4v) is 13.4. The topological polar surface area (TPSA) is 87.2 Å². The molecule has 8 nitrogen and oxygen atoms in total. The molecule has 0 N–H and O–H groups in total. The maximum absolute atomic E-state index is 5.40. The summed E-state index contributed by atoms with van der Waals surface area (Å²) in [7, 11) is 0. The van der Waals surface area contributed by atoms with Crippen molar-refractivity contribution in [3.63, 3.8) is 0 Å². The summed E-state index contributed by atoms with van der Waals surface area (Å²) in [4.78, 5) is 30.6. The first-order valence-electron chi connectivity index (χ1n) is 27.8. The fraction of sp³-hybridized carbons (Fsp3) is 0.0270. The molecule has 2 atom stereocenters. The Labute approximate surface area is 472 Å². The number of hydrogen-bond donors (Lipinski definition) is 0. The van der Waals surface area contributed by atoms with Crippen molar-refractivity contribution in [3.05, 3.63) is 301 Å². The number of para-hydroxylation sites is 4. The molecule has 18 rings (SSSR count). The highest BCUT2D eigenvalue weighted by Gasteiger charge is 2.41. The zero-order chi connectivity index (χ0) is 53.8. The minimum atomic E-state index is 0.00903. The minimum absolute atomic E-state index is 0.00903. The summed E-state index contributed by atoms with van der Waals surface area (Å²) in [5, 5.41) is 4.53. The number of rotatable bonds is 8. The zero-order valence-electron chi connectivity index (χ0n) is 44.1. The van der Waals surface area contributed by atoms with E-state index in [4.69, 9.17) is 19.9 Å². The average molecular weight is 1050 g/mol. The second-order valence-electron chi connectivity index (χ2n) is 21.4. The first-order valence-corrected chi connectivity index (χ1v) is 27.8. The zero-order valence-corrected chi connectivity index (χ0v) is 44.1. The molecule has 82 heavy (non-hydrogen) atoms. The van der Waals surface area contributed by atoms with Crippen molar-refractivity contribution in [2.75, 3.05) is 0 Å². The van der Waals surface area contributed by atoms with Crippen LogP contribution in [0.5, 0.6) is 0 Å². The van der Waals surface area contributed by atoms with Gasteiger partial charge in [-0.25, -0.2) is 19.9 Å². The van der Waals surface area contributed by atoms with Gasteiger partial charge in [-0.1, -0.05) is 182 Å². The standard InChI is InChI=1S/C74H46N8/c1-3-17-45(18-4-1)73-77-61(41-63(79-73)55-25-11-15-29-67(55)81-65-27-13-9-21-49(65)59-43-75-37-35-69(59)81)47-31-33-53-57(39-47)71-51-23-7-8-24-52(51)72(53)58-40-48(32-34-54(58)71)62-42-64(80-74(78-62)46-19-5-2-6-20-46)56-26-12-16-30-68(56)82-66-28-14-10-22-50(66)60-44-76-38-36-70(60)82/h1-44,71-72H. The molecule has 2 unspecified atom stereocenters. The van der Waals surface area contributed by atoms with E-state index >= 15 is 0 Å². The van der Waals surface area contributed by atoms with E-state index in [0.29, 0.717) is 11.6 Å². The molecule has 0 saturated carbocycles. The van der Waals surface area contributed by atoms with Crippen LogP contribution in [0.1, 0.15) is 45.2 Å². The van der Waals surface area contributed by atoms with E-state index in [0.717, 1.165) is 111 Å². The first kappa shape index (κ1) is 46.0. The average Bonchev–Trinajstić information content (AvgIpc) is 1.74. The van der Waals surface area contributed by atoms with E-state index in [-0.39, 0.29) is 11.8 Å². The lowest BCUT2D eigenvalue weighted by atomic mass is 9.60. The Bertz CT molecular complexity index is 4650. The smallest absolute Gasteiger partial charge is 0.160 e. The van der Waals surface area contributed by atoms with E-state index in [9.17, 15) is 0 Å². The molecule has 15 aromatic rings. The molecule has 0 fully saturated rings. The summed E-state index contributed by atoms with van der Waals surface area (Å²) in [5.74, 6) is 1.37. The third-order valence-electron chi connectivity index (χ3n) is 16.9. The predicted octanol–water partition coefficient (Wildman–Crippen LogP) is 17.2. The Morgan fingerprint density at radius 1 is 0.268 bits per heavy atom. The van der Waals surface area contributed by atoms with Gasteiger partial charge in [-0.05, 0) is 94.0 Å². The summed E-state index contributed by atoms with van der Waals surface area (Å²) in [6.45, 7) is 0. The van der Waals surface area contributed by atoms with Crippen molar-refractivity contribution >= 4 is 43.6 Å². The molecule has 0 saturated heterocycles. The summed E-state index contributed by atoms with van der Waals surface area (Å²) < 4.78 is 4.69. The molecule has 3 aliphatic carbocycles. The van der Waals surface area contributed by atoms with E-state index in [1.807, 2.05) is 36.9 Å². The highest BCUT2D eigenvalue weighted by molar-refractivity contribution is 6.10. The normalized spacial score (nSPS) is 14.1. The number of pyridine rings is 2. The van der Waals surface area contributed by atoms with Crippen molar-refractivity contribution in [2.24, 2.45) is 0 Å². The summed E-state index contributed by atoms with van der Waals surface area (Å²) in [6.07, 6.45) is 7.68. The molecular formula is C74H46N8. The van der Waals surface area contributed by atoms with Crippen LogP contribution in [-0.2, 0) is 0 Å². The summed E-state index contributed by atoms with van der Waals surface area (Å²) in [5.41, 5.74) is 23.8. The van der Waals surface area contributed by atoms with Gasteiger partial charge in [-0.2, -0.15) is 0 Å². The van der Waals surface area contributed by atoms with Gasteiger partial charge in [0.05, 0.1) is 56.2 Å². The van der Waals surface area contributed by atoms with Gasteiger partial charge in [0, 0.05) is 91.5 Å². The molecule has 0 aliphatic heterocycles. The Morgan fingerprint density at radius 3 is 1.12 bits per heavy atom. The maximum Gasteiger partial charge on any atom is 0.160 e. The van der Waals surface area contributed by atoms with Crippen molar-refractivity contribution in [1.29, 1.82) is 0 Å². The minimum Gasteiger partial charge on any atom is -0.308 e. The van der Waals surface area contributed by atoms with Crippen LogP contribution in [0.15, 0.2) is 267 Å². The molecule has 0 spiro atoms. The molecule has 382 valence electrons. The molecule has 3 aliphatic rings. The van der Waals surface area contributed by atoms with Crippen LogP contribution in [0, 0.1) is 0 Å². The van der Waals surface area contributed by atoms with Crippen molar-refractivity contribution < 1.29 is 0 Å². The fourth-order valence-electron chi connectivity index (χ4n) is 13.4. The molecule has 2 bridgehead atoms. The monoisotopic (exact) mass is 1050 g/mol. The van der Waals surface area contributed by atoms with Crippen molar-refractivity contribution in [1.82, 2.24) is 39.0 Å². The Morgan fingerprint density at radius 2 is 0.646 bits per heavy atom. The van der Waals surface area contributed by atoms with Crippen LogP contribution in [0.4, 0.5) is 0 Å². The number of nitrogens with zero attached hydrogens (tertiary/aromatic N) is 8. The third kappa shape index (κ3) is 7.11. The molecular weight excluding hydrogens is 1000 g/mol. The van der Waals surface area contributed by atoms with Crippen LogP contribution in [0.2, 0.25) is 0 Å². The van der Waals surface area contributed by atoms with Gasteiger partial charge < -0.3 is 9.13 Å². The van der Waals surface area contributed by atoms with Gasteiger partial charge in [0.25, 0.3) is 0 Å². The van der Waals surface area contributed by atoms with Crippen LogP contribution < -0.4 is 0 Å². The molecule has 6 heterocycles. The van der Waals surface area contributed by atoms with Gasteiger partial charge in [0.1, 0.15) is 0 Å². The van der Waals surface area contributed by atoms with Gasteiger partial charge in [0.2, 0.25) is 0 Å². The Kier molecular flexibility index (Phi) is 10.3. The highest BCUT2D eigenvalue weighted by atomic mass is 15.0. The lowest BCUT2D eigenvalue weighted by Gasteiger charge is -2.42. The lowest BCUT2D eigenvalue weighted by Crippen LogP contribution is -2.27. The van der Waals surface area contributed by atoms with Crippen molar-refractivity contribution in [2.45, 2.75) is 11.8 Å². The second-order valence-corrected chi connectivity index (χ2v) is 21.4. The van der Waals surface area contributed by atoms with Crippen LogP contribution in [-0.4, -0.2) is 39.0 Å². The largest absolute Gasteiger partial charge is 0.308 e. The van der Waals surface area contributed by atoms with Gasteiger partial charge in [0.15, 0.2) is 11.6 Å². The van der Waals surface area contributed by atoms with Crippen LogP contribution in [0.3, 0.4) is 0 Å². The summed E-state index contributed by atoms with van der Waals surface area (Å²) >= 11 is 0. The SMILES string of the molecule is c1ccc(-c2nc(-c3ccc4c(c3)C3c5ccccc5C4c4cc(-c5cc(-c6ccccc6-n6c7ccccc7c7cnccc76)nc(-c6ccccc6)n5)ccc43)cc(-c3ccccc3-n3c4ccccc4c4cnccc43)n2)cc1. The highest BCUT2D eigenvalue weighted by Crippen LogP contribution is 2.57. The number of aromatic nitrogens is 8. The van der Waals surface area contributed by atoms with Crippen molar-refractivity contribution in [3.8, 4) is 79.2 Å². The van der Waals surface area contributed by atoms with Gasteiger partial charge in [-0.15, -0.1) is 0 Å². The van der Waals surface area contributed by atoms with E-state index in [1.165, 1.54) is 33.4 Å². The molecule has 8 heteroatoms. The second kappa shape index (κ2) is 18.3. The summed E-state index contributed by atoms with van der Waals surface area (Å²) in [6, 6.07) is 86.6. The first-order chi connectivity index (χ1) is 40.7. The van der Waals surface area contributed by atoms with E-state index in [1.54, 1.807) is 0 Å². The Balaban J connectivity index is 0.804. The van der Waals surface area contributed by atoms with E-state index in [2.05, 4.69) is 250 Å². The van der Waals surface area contributed by atoms with Crippen LogP contribution >= 0.6 is 0 Å². The number of fused-ring (bicyclic) bond motifs is 6. The quantitative estimate of drug-likeness (QED) is 0.151. The molecule has 6 aromatic heterocycles. The molecule has 0 amide bonds. The molecule has 9 aromatic carbocycles. The predicted molar refractivity (Wildman–Crippen MR) is 329 cm³/mol. The maximum atomic E-state index is 5.40. The van der Waals surface area contributed by atoms with Gasteiger partial charge in [-0.3, -0.25) is 9.97 Å². The Hall–Kier alpha value is -11.0. The lowest BCUT2D eigenvalue weighted by molar-refractivity contribution is 0.755. The van der Waals surface area contributed by atoms with Crippen LogP contribution in [0.25, 0.3) is 123 Å². The molecule has 0 radical (unpaired) electrons. The number of benzene rings is 9. The third-order valence-corrected chi connectivity index (χ3v) is 16.9. The number of hydrogen-bond acceptors (Lipinski definition) is 6.